The average Bonchev–Trinajstić information content (AvgIpc) is 3.46. The maximum absolute atomic E-state index is 13.4. The first-order valence-corrected chi connectivity index (χ1v) is 13.2. The van der Waals surface area contributed by atoms with Crippen LogP contribution in [0.4, 0.5) is 5.82 Å². The van der Waals surface area contributed by atoms with Crippen molar-refractivity contribution >= 4 is 47.5 Å². The number of thioether (sulfide) groups is 1. The van der Waals surface area contributed by atoms with Crippen LogP contribution in [-0.2, 0) is 30.6 Å². The molecule has 4 heterocycles. The van der Waals surface area contributed by atoms with Crippen molar-refractivity contribution in [3.05, 3.63) is 77.9 Å². The van der Waals surface area contributed by atoms with Crippen LogP contribution in [-0.4, -0.2) is 63.1 Å². The minimum Gasteiger partial charge on any atom is -0.543 e. The number of oxime groups is 1. The summed E-state index contributed by atoms with van der Waals surface area (Å²) in [6.07, 6.45) is 9.06. The largest absolute Gasteiger partial charge is 0.543 e. The molecule has 2 aliphatic heterocycles. The lowest BCUT2D eigenvalue weighted by molar-refractivity contribution is -0.689. The molecule has 39 heavy (non-hydrogen) atoms. The number of nitrogens with one attached hydrogen (secondary N) is 2. The van der Waals surface area contributed by atoms with Crippen LogP contribution >= 0.6 is 11.8 Å². The van der Waals surface area contributed by atoms with Gasteiger partial charge in [-0.05, 0) is 31.1 Å². The third kappa shape index (κ3) is 5.53. The summed E-state index contributed by atoms with van der Waals surface area (Å²) in [6, 6.07) is 9.16. The first-order valence-electron chi connectivity index (χ1n) is 12.2. The fourth-order valence-corrected chi connectivity index (χ4v) is 5.82. The van der Waals surface area contributed by atoms with E-state index in [1.54, 1.807) is 24.5 Å². The summed E-state index contributed by atoms with van der Waals surface area (Å²) in [5, 5.41) is 20.6. The average molecular weight is 549 g/mol. The predicted molar refractivity (Wildman–Crippen MR) is 137 cm³/mol. The highest BCUT2D eigenvalue weighted by Crippen LogP contribution is 2.40. The highest BCUT2D eigenvalue weighted by Gasteiger charge is 2.53. The molecule has 0 saturated carbocycles. The Morgan fingerprint density at radius 3 is 2.79 bits per heavy atom. The van der Waals surface area contributed by atoms with Crippen molar-refractivity contribution in [2.45, 2.75) is 36.9 Å². The van der Waals surface area contributed by atoms with Crippen LogP contribution in [0.2, 0.25) is 0 Å². The van der Waals surface area contributed by atoms with Gasteiger partial charge in [-0.3, -0.25) is 19.3 Å². The molecular formula is C26H24N6O6S. The fraction of sp³-hybridized carbons (Fsp3) is 0.269. The molecule has 3 atom stereocenters. The third-order valence-electron chi connectivity index (χ3n) is 6.34. The van der Waals surface area contributed by atoms with Gasteiger partial charge in [0.1, 0.15) is 29.0 Å². The summed E-state index contributed by atoms with van der Waals surface area (Å²) < 4.78 is 1.81. The first-order chi connectivity index (χ1) is 19.0. The van der Waals surface area contributed by atoms with E-state index in [9.17, 15) is 24.3 Å². The quantitative estimate of drug-likeness (QED) is 0.100. The molecule has 0 spiro atoms. The van der Waals surface area contributed by atoms with Gasteiger partial charge in [-0.1, -0.05) is 23.4 Å². The van der Waals surface area contributed by atoms with Crippen LogP contribution in [0.5, 0.6) is 0 Å². The number of hydrogen-bond donors (Lipinski definition) is 2. The second-order valence-corrected chi connectivity index (χ2v) is 10.0. The van der Waals surface area contributed by atoms with Crippen molar-refractivity contribution in [1.29, 1.82) is 0 Å². The lowest BCUT2D eigenvalue weighted by atomic mass is 10.0. The molecule has 0 radical (unpaired) electrons. The van der Waals surface area contributed by atoms with Gasteiger partial charge < -0.3 is 25.4 Å². The number of aromatic nitrogens is 2. The van der Waals surface area contributed by atoms with Crippen molar-refractivity contribution in [2.75, 3.05) is 11.1 Å². The molecule has 200 valence electrons. The Hall–Kier alpha value is -4.52. The van der Waals surface area contributed by atoms with E-state index < -0.39 is 29.2 Å². The summed E-state index contributed by atoms with van der Waals surface area (Å²) in [4.78, 5) is 60.4. The number of amides is 3. The summed E-state index contributed by atoms with van der Waals surface area (Å²) in [5.41, 5.74) is 0.298. The predicted octanol–water partition coefficient (Wildman–Crippen LogP) is -0.519. The molecule has 3 amide bonds. The van der Waals surface area contributed by atoms with E-state index in [1.807, 2.05) is 34.9 Å². The number of hydrogen-bond acceptors (Lipinski definition) is 9. The van der Waals surface area contributed by atoms with Gasteiger partial charge >= 0.3 is 0 Å². The number of carbonyl (C=O) groups is 4. The third-order valence-corrected chi connectivity index (χ3v) is 7.68. The van der Waals surface area contributed by atoms with Gasteiger partial charge in [0.25, 0.3) is 11.8 Å². The van der Waals surface area contributed by atoms with E-state index in [1.165, 1.54) is 17.8 Å². The minimum absolute atomic E-state index is 0.124. The van der Waals surface area contributed by atoms with Crippen molar-refractivity contribution in [3.8, 4) is 0 Å². The van der Waals surface area contributed by atoms with Crippen LogP contribution in [0, 0.1) is 0 Å². The summed E-state index contributed by atoms with van der Waals surface area (Å²) in [6.45, 7) is 0.283. The standard InChI is InChI=1S/C26H24N6O6S/c33-15-27-19-10-6-9-18(28-19)20(30-38-17-7-2-3-8-17)23(34)29-21-24(35)32-22(26(36)37)16(14-39-25(21)32)13-31-11-4-1-5-12-31/h1-2,4-7,9-12,15,17,21,25H,3,8,13-14H2,(H2-,27,28,29,33,34,36,37)/b30-20-/t17?,21?,25-/m1/s1. The Morgan fingerprint density at radius 2 is 2.08 bits per heavy atom. The molecule has 13 heteroatoms. The second-order valence-electron chi connectivity index (χ2n) is 8.91. The summed E-state index contributed by atoms with van der Waals surface area (Å²) in [5.74, 6) is -2.21. The smallest absolute Gasteiger partial charge is 0.276 e. The van der Waals surface area contributed by atoms with Crippen LogP contribution in [0.1, 0.15) is 18.5 Å². The number of carboxylic acid groups (broad SMARTS) is 1. The van der Waals surface area contributed by atoms with Crippen molar-refractivity contribution < 1.29 is 33.7 Å². The van der Waals surface area contributed by atoms with Gasteiger partial charge in [0, 0.05) is 23.5 Å². The number of allylic oxidation sites excluding steroid dienone is 1. The van der Waals surface area contributed by atoms with Gasteiger partial charge in [0.05, 0.1) is 11.7 Å². The Labute approximate surface area is 227 Å². The molecular weight excluding hydrogens is 524 g/mol. The molecule has 1 saturated heterocycles. The Balaban J connectivity index is 1.36. The van der Waals surface area contributed by atoms with E-state index in [0.717, 1.165) is 11.3 Å². The first kappa shape index (κ1) is 26.1. The number of pyridine rings is 2. The van der Waals surface area contributed by atoms with Crippen LogP contribution in [0.15, 0.2) is 77.4 Å². The summed E-state index contributed by atoms with van der Waals surface area (Å²) in [7, 11) is 0. The van der Waals surface area contributed by atoms with Gasteiger partial charge in [0.2, 0.25) is 6.41 Å². The van der Waals surface area contributed by atoms with Gasteiger partial charge in [0.15, 0.2) is 24.7 Å². The molecule has 0 bridgehead atoms. The van der Waals surface area contributed by atoms with E-state index >= 15 is 0 Å². The Kier molecular flexibility index (Phi) is 7.68. The van der Waals surface area contributed by atoms with Gasteiger partial charge in [-0.2, -0.15) is 0 Å². The second kappa shape index (κ2) is 11.5. The molecule has 2 aromatic rings. The van der Waals surface area contributed by atoms with Crippen LogP contribution < -0.4 is 20.3 Å². The molecule has 0 aromatic carbocycles. The zero-order chi connectivity index (χ0) is 27.4. The summed E-state index contributed by atoms with van der Waals surface area (Å²) >= 11 is 1.35. The van der Waals surface area contributed by atoms with Crippen molar-refractivity contribution in [3.63, 3.8) is 0 Å². The molecule has 3 aliphatic rings. The number of β-lactam (4-membered cyclic amide) rings is 1. The molecule has 5 rings (SSSR count). The lowest BCUT2D eigenvalue weighted by Gasteiger charge is -2.50. The molecule has 2 N–H and O–H groups in total. The van der Waals surface area contributed by atoms with E-state index in [4.69, 9.17) is 4.84 Å². The zero-order valence-corrected chi connectivity index (χ0v) is 21.4. The lowest BCUT2D eigenvalue weighted by Crippen LogP contribution is -2.71. The van der Waals surface area contributed by atoms with Crippen LogP contribution in [0.3, 0.4) is 0 Å². The number of rotatable bonds is 10. The zero-order valence-electron chi connectivity index (χ0n) is 20.6. The van der Waals surface area contributed by atoms with Crippen molar-refractivity contribution in [2.24, 2.45) is 5.16 Å². The van der Waals surface area contributed by atoms with E-state index in [-0.39, 0.29) is 35.6 Å². The number of anilines is 1. The van der Waals surface area contributed by atoms with Crippen LogP contribution in [0.25, 0.3) is 0 Å². The number of fused-ring (bicyclic) bond motifs is 1. The SMILES string of the molecule is O=CNc1cccc(/C(=N/OC2C=CCC2)C(=O)NC2C(=O)N3C(C(=O)[O-])=C(C[n+]4ccccc4)CS[C@H]23)n1. The Bertz CT molecular complexity index is 1390. The molecule has 1 aliphatic carbocycles. The Morgan fingerprint density at radius 1 is 1.26 bits per heavy atom. The molecule has 2 aromatic heterocycles. The molecule has 1 fully saturated rings. The number of carboxylic acids is 1. The fourth-order valence-electron chi connectivity index (χ4n) is 4.49. The topological polar surface area (TPSA) is 157 Å². The number of nitrogens with zero attached hydrogens (tertiary/aromatic N) is 4. The highest BCUT2D eigenvalue weighted by molar-refractivity contribution is 8.00. The van der Waals surface area contributed by atoms with Gasteiger partial charge in [-0.15, -0.1) is 11.8 Å². The maximum Gasteiger partial charge on any atom is 0.276 e. The molecule has 2 unspecified atom stereocenters. The van der Waals surface area contributed by atoms with E-state index in [2.05, 4.69) is 20.8 Å². The van der Waals surface area contributed by atoms with E-state index in [0.29, 0.717) is 24.2 Å². The normalized spacial score (nSPS) is 22.2. The minimum atomic E-state index is -1.45. The monoisotopic (exact) mass is 548 g/mol. The highest BCUT2D eigenvalue weighted by atomic mass is 32.2. The molecule has 12 nitrogen and oxygen atoms in total. The number of aliphatic carboxylic acids is 1. The number of carbonyl (C=O) groups excluding carboxylic acids is 4. The van der Waals surface area contributed by atoms with Gasteiger partial charge in [-0.25, -0.2) is 9.55 Å². The maximum atomic E-state index is 13.4. The van der Waals surface area contributed by atoms with Crippen molar-refractivity contribution in [1.82, 2.24) is 15.2 Å².